The highest BCUT2D eigenvalue weighted by Crippen LogP contribution is 2.36. The van der Waals surface area contributed by atoms with Gasteiger partial charge in [-0.05, 0) is 51.3 Å². The van der Waals surface area contributed by atoms with E-state index < -0.39 is 0 Å². The van der Waals surface area contributed by atoms with Gasteiger partial charge in [-0.3, -0.25) is 4.79 Å². The molecular weight excluding hydrogens is 300 g/mol. The summed E-state index contributed by atoms with van der Waals surface area (Å²) in [5, 5.41) is 4.60. The van der Waals surface area contributed by atoms with Crippen LogP contribution in [0.25, 0.3) is 0 Å². The molecule has 3 rings (SSSR count). The van der Waals surface area contributed by atoms with Crippen molar-refractivity contribution in [1.82, 2.24) is 10.1 Å². The van der Waals surface area contributed by atoms with E-state index in [4.69, 9.17) is 16.1 Å². The van der Waals surface area contributed by atoms with E-state index in [9.17, 15) is 4.79 Å². The van der Waals surface area contributed by atoms with Crippen LogP contribution < -0.4 is 0 Å². The second-order valence-electron chi connectivity index (χ2n) is 5.87. The molecule has 0 radical (unpaired) electrons. The van der Waals surface area contributed by atoms with Gasteiger partial charge in [0.25, 0.3) is 5.91 Å². The van der Waals surface area contributed by atoms with Gasteiger partial charge in [0.15, 0.2) is 0 Å². The first-order valence-corrected chi connectivity index (χ1v) is 7.88. The molecule has 1 saturated carbocycles. The maximum Gasteiger partial charge on any atom is 0.260 e. The second kappa shape index (κ2) is 5.76. The molecule has 116 valence electrons. The summed E-state index contributed by atoms with van der Waals surface area (Å²) in [6.07, 6.45) is 2.10. The van der Waals surface area contributed by atoms with Gasteiger partial charge in [-0.2, -0.15) is 0 Å². The molecule has 1 fully saturated rings. The Balaban J connectivity index is 1.93. The summed E-state index contributed by atoms with van der Waals surface area (Å²) in [4.78, 5) is 15.0. The molecule has 1 aliphatic rings. The van der Waals surface area contributed by atoms with Crippen LogP contribution in [0, 0.1) is 13.8 Å². The second-order valence-corrected chi connectivity index (χ2v) is 6.31. The highest BCUT2D eigenvalue weighted by molar-refractivity contribution is 6.30. The molecule has 1 aromatic heterocycles. The molecule has 22 heavy (non-hydrogen) atoms. The number of carbonyl (C=O) groups is 1. The maximum atomic E-state index is 13.0. The van der Waals surface area contributed by atoms with E-state index in [0.29, 0.717) is 28.1 Å². The molecule has 0 bridgehead atoms. The van der Waals surface area contributed by atoms with Crippen LogP contribution in [-0.2, 0) is 0 Å². The summed E-state index contributed by atoms with van der Waals surface area (Å²) in [6, 6.07) is 7.96. The van der Waals surface area contributed by atoms with Gasteiger partial charge < -0.3 is 9.42 Å². The Bertz CT molecular complexity index is 670. The number of rotatable bonds is 4. The summed E-state index contributed by atoms with van der Waals surface area (Å²) in [6.45, 7) is 5.64. The van der Waals surface area contributed by atoms with Crippen LogP contribution in [-0.4, -0.2) is 22.0 Å². The average molecular weight is 319 g/mol. The fourth-order valence-corrected chi connectivity index (χ4v) is 2.96. The molecule has 1 heterocycles. The molecule has 0 saturated heterocycles. The molecule has 1 aromatic carbocycles. The largest absolute Gasteiger partial charge is 0.361 e. The van der Waals surface area contributed by atoms with E-state index in [1.165, 1.54) is 0 Å². The number of aromatic nitrogens is 1. The topological polar surface area (TPSA) is 46.3 Å². The van der Waals surface area contributed by atoms with Crippen LogP contribution in [0.15, 0.2) is 28.8 Å². The molecule has 5 heteroatoms. The van der Waals surface area contributed by atoms with E-state index in [0.717, 1.165) is 18.4 Å². The predicted octanol–water partition coefficient (Wildman–Crippen LogP) is 4.31. The monoisotopic (exact) mass is 318 g/mol. The SMILES string of the molecule is Cc1noc(C)c1C(=O)N(C1CC1)C(C)c1ccc(Cl)cc1. The highest BCUT2D eigenvalue weighted by Gasteiger charge is 2.38. The maximum absolute atomic E-state index is 13.0. The Morgan fingerprint density at radius 3 is 2.45 bits per heavy atom. The molecule has 0 N–H and O–H groups in total. The number of hydrogen-bond acceptors (Lipinski definition) is 3. The zero-order valence-corrected chi connectivity index (χ0v) is 13.7. The first kappa shape index (κ1) is 15.1. The summed E-state index contributed by atoms with van der Waals surface area (Å²) in [5.41, 5.74) is 2.32. The van der Waals surface area contributed by atoms with Crippen molar-refractivity contribution < 1.29 is 9.32 Å². The number of amides is 1. The number of nitrogens with zero attached hydrogens (tertiary/aromatic N) is 2. The minimum Gasteiger partial charge on any atom is -0.361 e. The smallest absolute Gasteiger partial charge is 0.260 e. The molecule has 1 aliphatic carbocycles. The highest BCUT2D eigenvalue weighted by atomic mass is 35.5. The van der Waals surface area contributed by atoms with Crippen LogP contribution in [0.3, 0.4) is 0 Å². The quantitative estimate of drug-likeness (QED) is 0.843. The molecule has 1 amide bonds. The zero-order chi connectivity index (χ0) is 15.9. The van der Waals surface area contributed by atoms with Crippen LogP contribution in [0.2, 0.25) is 5.02 Å². The first-order chi connectivity index (χ1) is 10.5. The molecule has 1 atom stereocenters. The summed E-state index contributed by atoms with van der Waals surface area (Å²) in [7, 11) is 0. The lowest BCUT2D eigenvalue weighted by Crippen LogP contribution is -2.36. The molecule has 0 aliphatic heterocycles. The van der Waals surface area contributed by atoms with Crippen LogP contribution in [0.4, 0.5) is 0 Å². The van der Waals surface area contributed by atoms with Gasteiger partial charge >= 0.3 is 0 Å². The molecule has 4 nitrogen and oxygen atoms in total. The fraction of sp³-hybridized carbons (Fsp3) is 0.412. The van der Waals surface area contributed by atoms with Crippen LogP contribution in [0.1, 0.15) is 53.2 Å². The van der Waals surface area contributed by atoms with Crippen molar-refractivity contribution >= 4 is 17.5 Å². The van der Waals surface area contributed by atoms with Crippen LogP contribution >= 0.6 is 11.6 Å². The Kier molecular flexibility index (Phi) is 3.96. The van der Waals surface area contributed by atoms with Gasteiger partial charge in [-0.15, -0.1) is 0 Å². The number of aryl methyl sites for hydroxylation is 2. The standard InChI is InChI=1S/C17H19ClN2O2/c1-10-16(12(3)22-19-10)17(21)20(15-8-9-15)11(2)13-4-6-14(18)7-5-13/h4-7,11,15H,8-9H2,1-3H3. The van der Waals surface area contributed by atoms with Gasteiger partial charge in [0.2, 0.25) is 0 Å². The summed E-state index contributed by atoms with van der Waals surface area (Å²) >= 11 is 5.95. The van der Waals surface area contributed by atoms with Crippen molar-refractivity contribution in [1.29, 1.82) is 0 Å². The lowest BCUT2D eigenvalue weighted by Gasteiger charge is -2.29. The van der Waals surface area contributed by atoms with Crippen molar-refractivity contribution in [3.05, 3.63) is 51.9 Å². The Morgan fingerprint density at radius 1 is 1.32 bits per heavy atom. The fourth-order valence-electron chi connectivity index (χ4n) is 2.83. The number of benzene rings is 1. The van der Waals surface area contributed by atoms with Crippen LogP contribution in [0.5, 0.6) is 0 Å². The number of halogens is 1. The number of hydrogen-bond donors (Lipinski definition) is 0. The lowest BCUT2D eigenvalue weighted by atomic mass is 10.0. The minimum atomic E-state index is -0.00836. The van der Waals surface area contributed by atoms with Gasteiger partial charge in [0, 0.05) is 11.1 Å². The minimum absolute atomic E-state index is 0.00111. The third-order valence-electron chi connectivity index (χ3n) is 4.19. The third kappa shape index (κ3) is 2.75. The van der Waals surface area contributed by atoms with Gasteiger partial charge in [-0.1, -0.05) is 28.9 Å². The normalized spacial score (nSPS) is 15.6. The van der Waals surface area contributed by atoms with E-state index in [-0.39, 0.29) is 11.9 Å². The number of carbonyl (C=O) groups excluding carboxylic acids is 1. The van der Waals surface area contributed by atoms with E-state index in [1.807, 2.05) is 36.1 Å². The van der Waals surface area contributed by atoms with E-state index in [1.54, 1.807) is 6.92 Å². The Hall–Kier alpha value is -1.81. The van der Waals surface area contributed by atoms with Crippen molar-refractivity contribution in [2.24, 2.45) is 0 Å². The summed E-state index contributed by atoms with van der Waals surface area (Å²) in [5.74, 6) is 0.581. The average Bonchev–Trinajstić information content (AvgIpc) is 3.25. The van der Waals surface area contributed by atoms with Crippen molar-refractivity contribution in [2.75, 3.05) is 0 Å². The first-order valence-electron chi connectivity index (χ1n) is 7.50. The third-order valence-corrected chi connectivity index (χ3v) is 4.44. The Morgan fingerprint density at radius 2 is 1.95 bits per heavy atom. The van der Waals surface area contributed by atoms with E-state index >= 15 is 0 Å². The lowest BCUT2D eigenvalue weighted by molar-refractivity contribution is 0.0671. The summed E-state index contributed by atoms with van der Waals surface area (Å²) < 4.78 is 5.15. The van der Waals surface area contributed by atoms with Crippen molar-refractivity contribution in [3.8, 4) is 0 Å². The molecule has 0 spiro atoms. The zero-order valence-electron chi connectivity index (χ0n) is 13.0. The molecule has 1 unspecified atom stereocenters. The van der Waals surface area contributed by atoms with Gasteiger partial charge in [0.05, 0.1) is 11.7 Å². The van der Waals surface area contributed by atoms with Gasteiger partial charge in [-0.25, -0.2) is 0 Å². The van der Waals surface area contributed by atoms with Crippen molar-refractivity contribution in [2.45, 2.75) is 45.7 Å². The molecule has 2 aromatic rings. The van der Waals surface area contributed by atoms with Crippen molar-refractivity contribution in [3.63, 3.8) is 0 Å². The van der Waals surface area contributed by atoms with E-state index in [2.05, 4.69) is 12.1 Å². The van der Waals surface area contributed by atoms with Gasteiger partial charge in [0.1, 0.15) is 11.3 Å². The Labute approximate surface area is 135 Å². The molecular formula is C17H19ClN2O2. The predicted molar refractivity (Wildman–Crippen MR) is 85.0 cm³/mol.